The van der Waals surface area contributed by atoms with Gasteiger partial charge in [-0.1, -0.05) is 48.5 Å². The van der Waals surface area contributed by atoms with Crippen LogP contribution >= 0.6 is 22.6 Å². The molecule has 0 saturated carbocycles. The molecular weight excluding hydrogens is 537 g/mol. The van der Waals surface area contributed by atoms with Gasteiger partial charge in [0.25, 0.3) is 5.91 Å². The molecule has 3 aromatic carbocycles. The molecule has 2 unspecified atom stereocenters. The zero-order valence-electron chi connectivity index (χ0n) is 20.0. The molecule has 1 fully saturated rings. The van der Waals surface area contributed by atoms with Gasteiger partial charge in [0.15, 0.2) is 0 Å². The van der Waals surface area contributed by atoms with Crippen molar-refractivity contribution in [1.29, 1.82) is 0 Å². The van der Waals surface area contributed by atoms with Crippen LogP contribution in [0.3, 0.4) is 0 Å². The van der Waals surface area contributed by atoms with Crippen LogP contribution in [0.4, 0.5) is 0 Å². The second-order valence-corrected chi connectivity index (χ2v) is 11.1. The minimum atomic E-state index is -0.728. The van der Waals surface area contributed by atoms with Crippen molar-refractivity contribution in [2.45, 2.75) is 51.2 Å². The average Bonchev–Trinajstić information content (AvgIpc) is 3.31. The molecule has 4 rings (SSSR count). The fraction of sp³-hybridized carbons (Fsp3) is 0.357. The molecule has 0 aromatic heterocycles. The van der Waals surface area contributed by atoms with Gasteiger partial charge in [0.1, 0.15) is 6.04 Å². The highest BCUT2D eigenvalue weighted by molar-refractivity contribution is 14.1. The molecule has 0 spiro atoms. The highest BCUT2D eigenvalue weighted by Gasteiger charge is 2.36. The van der Waals surface area contributed by atoms with Crippen molar-refractivity contribution in [2.24, 2.45) is 0 Å². The molecule has 34 heavy (non-hydrogen) atoms. The van der Waals surface area contributed by atoms with E-state index in [2.05, 4.69) is 33.2 Å². The number of fused-ring (bicyclic) bond motifs is 1. The summed E-state index contributed by atoms with van der Waals surface area (Å²) in [5, 5.41) is 8.73. The average molecular weight is 569 g/mol. The second-order valence-electron chi connectivity index (χ2n) is 9.98. The van der Waals surface area contributed by atoms with Crippen molar-refractivity contribution in [2.75, 3.05) is 13.1 Å². The van der Waals surface area contributed by atoms with Crippen LogP contribution in [0.15, 0.2) is 66.7 Å². The Labute approximate surface area is 215 Å². The van der Waals surface area contributed by atoms with Gasteiger partial charge < -0.3 is 15.5 Å². The third kappa shape index (κ3) is 5.78. The van der Waals surface area contributed by atoms with Gasteiger partial charge in [-0.05, 0) is 97.3 Å². The number of benzene rings is 3. The van der Waals surface area contributed by atoms with Crippen LogP contribution < -0.4 is 10.6 Å². The number of carbonyl (C=O) groups is 2. The summed E-state index contributed by atoms with van der Waals surface area (Å²) < 4.78 is 0.963. The molecule has 2 N–H and O–H groups in total. The summed E-state index contributed by atoms with van der Waals surface area (Å²) >= 11 is 2.26. The second kappa shape index (κ2) is 10.4. The van der Waals surface area contributed by atoms with E-state index >= 15 is 0 Å². The van der Waals surface area contributed by atoms with Crippen LogP contribution in [0.25, 0.3) is 10.8 Å². The van der Waals surface area contributed by atoms with Crippen LogP contribution in [0.1, 0.15) is 55.6 Å². The lowest BCUT2D eigenvalue weighted by Gasteiger charge is -2.35. The molecule has 0 aliphatic carbocycles. The van der Waals surface area contributed by atoms with Gasteiger partial charge in [-0.25, -0.2) is 0 Å². The first-order chi connectivity index (χ1) is 16.2. The Morgan fingerprint density at radius 3 is 2.44 bits per heavy atom. The predicted molar refractivity (Wildman–Crippen MR) is 146 cm³/mol. The fourth-order valence-electron chi connectivity index (χ4n) is 4.53. The van der Waals surface area contributed by atoms with Crippen molar-refractivity contribution in [3.8, 4) is 0 Å². The lowest BCUT2D eigenvalue weighted by molar-refractivity contribution is -0.127. The lowest BCUT2D eigenvalue weighted by atomic mass is 9.99. The van der Waals surface area contributed by atoms with Crippen LogP contribution in [0.2, 0.25) is 0 Å². The number of halogens is 1. The van der Waals surface area contributed by atoms with Gasteiger partial charge in [0.2, 0.25) is 5.91 Å². The summed E-state index contributed by atoms with van der Waals surface area (Å²) in [6, 6.07) is 21.1. The Hall–Kier alpha value is -2.45. The van der Waals surface area contributed by atoms with Crippen molar-refractivity contribution in [1.82, 2.24) is 15.5 Å². The zero-order valence-corrected chi connectivity index (χ0v) is 22.1. The Morgan fingerprint density at radius 1 is 1.06 bits per heavy atom. The summed E-state index contributed by atoms with van der Waals surface area (Å²) in [5.41, 5.74) is 1.02. The molecule has 0 radical (unpaired) electrons. The normalized spacial score (nSPS) is 16.9. The number of hydrogen-bond acceptors (Lipinski definition) is 3. The van der Waals surface area contributed by atoms with E-state index in [1.807, 2.05) is 87.5 Å². The number of nitrogens with one attached hydrogen (secondary N) is 2. The van der Waals surface area contributed by atoms with Gasteiger partial charge in [0.05, 0.1) is 0 Å². The Balaban J connectivity index is 1.79. The lowest BCUT2D eigenvalue weighted by Crippen LogP contribution is -2.51. The third-order valence-corrected chi connectivity index (χ3v) is 7.08. The van der Waals surface area contributed by atoms with E-state index in [1.165, 1.54) is 0 Å². The first kappa shape index (κ1) is 24.7. The summed E-state index contributed by atoms with van der Waals surface area (Å²) in [5.74, 6) is -0.295. The highest BCUT2D eigenvalue weighted by atomic mass is 127. The Morgan fingerprint density at radius 2 is 1.76 bits per heavy atom. The maximum absolute atomic E-state index is 14.1. The highest BCUT2D eigenvalue weighted by Crippen LogP contribution is 2.30. The molecule has 2 atom stereocenters. The zero-order chi connectivity index (χ0) is 24.3. The van der Waals surface area contributed by atoms with Crippen LogP contribution in [-0.4, -0.2) is 41.4 Å². The van der Waals surface area contributed by atoms with Crippen molar-refractivity contribution in [3.05, 3.63) is 81.4 Å². The van der Waals surface area contributed by atoms with Gasteiger partial charge in [-0.2, -0.15) is 0 Å². The molecule has 0 bridgehead atoms. The molecule has 1 heterocycles. The van der Waals surface area contributed by atoms with Gasteiger partial charge in [-0.3, -0.25) is 9.59 Å². The summed E-state index contributed by atoms with van der Waals surface area (Å²) in [4.78, 5) is 29.6. The Kier molecular flexibility index (Phi) is 7.57. The smallest absolute Gasteiger partial charge is 0.254 e. The summed E-state index contributed by atoms with van der Waals surface area (Å²) in [6.07, 6.45) is 2.06. The maximum Gasteiger partial charge on any atom is 0.254 e. The monoisotopic (exact) mass is 569 g/mol. The molecule has 1 saturated heterocycles. The molecule has 2 amide bonds. The van der Waals surface area contributed by atoms with E-state index in [0.29, 0.717) is 12.1 Å². The number of hydrogen-bond donors (Lipinski definition) is 2. The van der Waals surface area contributed by atoms with E-state index in [9.17, 15) is 9.59 Å². The minimum Gasteiger partial charge on any atom is -0.349 e. The predicted octanol–water partition coefficient (Wildman–Crippen LogP) is 5.29. The first-order valence-corrected chi connectivity index (χ1v) is 12.9. The van der Waals surface area contributed by atoms with Crippen LogP contribution in [0, 0.1) is 3.57 Å². The van der Waals surface area contributed by atoms with E-state index in [4.69, 9.17) is 0 Å². The number of amides is 2. The van der Waals surface area contributed by atoms with Gasteiger partial charge in [-0.15, -0.1) is 0 Å². The van der Waals surface area contributed by atoms with Crippen molar-refractivity contribution < 1.29 is 9.59 Å². The molecule has 1 aliphatic rings. The third-order valence-electron chi connectivity index (χ3n) is 6.09. The largest absolute Gasteiger partial charge is 0.349 e. The molecular formula is C28H32IN3O2. The fourth-order valence-corrected chi connectivity index (χ4v) is 5.21. The van der Waals surface area contributed by atoms with Crippen LogP contribution in [0.5, 0.6) is 0 Å². The van der Waals surface area contributed by atoms with E-state index in [-0.39, 0.29) is 17.9 Å². The SMILES string of the molecule is CC(C)(C)NC(=O)C(c1ccccc1I)N(CC1CCCN1)C(=O)c1ccc2ccccc2c1. The first-order valence-electron chi connectivity index (χ1n) is 11.8. The summed E-state index contributed by atoms with van der Waals surface area (Å²) in [6.45, 7) is 7.30. The number of carbonyl (C=O) groups excluding carboxylic acids is 2. The van der Waals surface area contributed by atoms with Crippen molar-refractivity contribution in [3.63, 3.8) is 0 Å². The Bertz CT molecular complexity index is 1180. The summed E-state index contributed by atoms with van der Waals surface area (Å²) in [7, 11) is 0. The molecule has 5 nitrogen and oxygen atoms in total. The van der Waals surface area contributed by atoms with E-state index < -0.39 is 11.6 Å². The maximum atomic E-state index is 14.1. The standard InChI is InChI=1S/C28H32IN3O2/c1-28(2,3)31-26(33)25(23-12-6-7-13-24(23)29)32(18-22-11-8-16-30-22)27(34)21-15-14-19-9-4-5-10-20(19)17-21/h4-7,9-10,12-15,17,22,25,30H,8,11,16,18H2,1-3H3,(H,31,33). The molecule has 178 valence electrons. The number of rotatable bonds is 6. The van der Waals surface area contributed by atoms with E-state index in [1.54, 1.807) is 4.90 Å². The number of nitrogens with zero attached hydrogens (tertiary/aromatic N) is 1. The van der Waals surface area contributed by atoms with Crippen molar-refractivity contribution >= 4 is 45.2 Å². The van der Waals surface area contributed by atoms with Crippen LogP contribution in [-0.2, 0) is 4.79 Å². The van der Waals surface area contributed by atoms with Gasteiger partial charge >= 0.3 is 0 Å². The molecule has 6 heteroatoms. The molecule has 1 aliphatic heterocycles. The van der Waals surface area contributed by atoms with Gasteiger partial charge in [0, 0.05) is 27.3 Å². The quantitative estimate of drug-likeness (QED) is 0.397. The minimum absolute atomic E-state index is 0.131. The van der Waals surface area contributed by atoms with E-state index in [0.717, 1.165) is 39.3 Å². The topological polar surface area (TPSA) is 61.4 Å². The molecule has 3 aromatic rings.